The molecule has 0 aliphatic carbocycles. The van der Waals surface area contributed by atoms with E-state index >= 15 is 0 Å². The summed E-state index contributed by atoms with van der Waals surface area (Å²) in [5, 5.41) is 6.30. The van der Waals surface area contributed by atoms with Crippen LogP contribution in [0, 0.1) is 5.92 Å². The number of hydrogen-bond acceptors (Lipinski definition) is 2. The van der Waals surface area contributed by atoms with E-state index in [2.05, 4.69) is 43.5 Å². The van der Waals surface area contributed by atoms with Gasteiger partial charge in [0.25, 0.3) is 0 Å². The molecule has 0 spiro atoms. The van der Waals surface area contributed by atoms with Gasteiger partial charge in [0, 0.05) is 11.7 Å². The van der Waals surface area contributed by atoms with Crippen molar-refractivity contribution in [2.45, 2.75) is 33.2 Å². The molecular weight excluding hydrogens is 284 g/mol. The third-order valence-corrected chi connectivity index (χ3v) is 3.95. The lowest BCUT2D eigenvalue weighted by atomic mass is 9.96. The van der Waals surface area contributed by atoms with Crippen LogP contribution in [0.1, 0.15) is 37.9 Å². The van der Waals surface area contributed by atoms with Gasteiger partial charge in [-0.25, -0.2) is 0 Å². The van der Waals surface area contributed by atoms with Crippen LogP contribution in [0.4, 0.5) is 5.69 Å². The highest BCUT2D eigenvalue weighted by Gasteiger charge is 2.16. The molecule has 2 rings (SSSR count). The zero-order valence-corrected chi connectivity index (χ0v) is 14.2. The summed E-state index contributed by atoms with van der Waals surface area (Å²) < 4.78 is 0. The van der Waals surface area contributed by atoms with Gasteiger partial charge >= 0.3 is 0 Å². The van der Waals surface area contributed by atoms with Crippen molar-refractivity contribution in [2.75, 3.05) is 11.9 Å². The van der Waals surface area contributed by atoms with Crippen LogP contribution < -0.4 is 10.6 Å². The number of amides is 1. The molecule has 2 aromatic carbocycles. The van der Waals surface area contributed by atoms with Gasteiger partial charge in [-0.05, 0) is 35.6 Å². The van der Waals surface area contributed by atoms with E-state index in [0.29, 0.717) is 12.5 Å². The molecule has 0 aliphatic rings. The first kappa shape index (κ1) is 17.2. The topological polar surface area (TPSA) is 41.1 Å². The number of rotatable bonds is 7. The highest BCUT2D eigenvalue weighted by molar-refractivity contribution is 5.92. The minimum absolute atomic E-state index is 0.0178. The van der Waals surface area contributed by atoms with Gasteiger partial charge in [0.2, 0.25) is 5.91 Å². The molecular formula is C20H26N2O. The molecule has 3 nitrogen and oxygen atoms in total. The van der Waals surface area contributed by atoms with Crippen molar-refractivity contribution in [3.8, 4) is 0 Å². The molecule has 23 heavy (non-hydrogen) atoms. The molecule has 0 unspecified atom stereocenters. The highest BCUT2D eigenvalue weighted by atomic mass is 16.1. The number of benzene rings is 2. The van der Waals surface area contributed by atoms with Gasteiger partial charge in [0.05, 0.1) is 6.54 Å². The van der Waals surface area contributed by atoms with E-state index in [0.717, 1.165) is 12.1 Å². The Bertz CT molecular complexity index is 605. The van der Waals surface area contributed by atoms with E-state index in [1.807, 2.05) is 42.5 Å². The fraction of sp³-hybridized carbons (Fsp3) is 0.350. The molecule has 0 heterocycles. The van der Waals surface area contributed by atoms with Gasteiger partial charge in [-0.3, -0.25) is 4.79 Å². The molecule has 0 aromatic heterocycles. The van der Waals surface area contributed by atoms with Crippen molar-refractivity contribution < 1.29 is 4.79 Å². The van der Waals surface area contributed by atoms with Crippen LogP contribution in [0.2, 0.25) is 0 Å². The van der Waals surface area contributed by atoms with E-state index in [4.69, 9.17) is 0 Å². The standard InChI is InChI=1S/C20H26N2O/c1-4-16-10-12-18(13-11-16)22-19(23)14-21-20(15(2)3)17-8-6-5-7-9-17/h5-13,15,20-21H,4,14H2,1-3H3,(H,22,23)/t20-/m0/s1. The van der Waals surface area contributed by atoms with Crippen LogP contribution in [-0.4, -0.2) is 12.5 Å². The lowest BCUT2D eigenvalue weighted by molar-refractivity contribution is -0.115. The molecule has 0 radical (unpaired) electrons. The average molecular weight is 310 g/mol. The Morgan fingerprint density at radius 2 is 1.65 bits per heavy atom. The Morgan fingerprint density at radius 3 is 2.22 bits per heavy atom. The Balaban J connectivity index is 1.91. The Hall–Kier alpha value is -2.13. The smallest absolute Gasteiger partial charge is 0.238 e. The van der Waals surface area contributed by atoms with E-state index in [1.54, 1.807) is 0 Å². The summed E-state index contributed by atoms with van der Waals surface area (Å²) >= 11 is 0. The largest absolute Gasteiger partial charge is 0.325 e. The minimum Gasteiger partial charge on any atom is -0.325 e. The number of carbonyl (C=O) groups is 1. The quantitative estimate of drug-likeness (QED) is 0.805. The average Bonchev–Trinajstić information content (AvgIpc) is 2.56. The summed E-state index contributed by atoms with van der Waals surface area (Å²) in [6.45, 7) is 6.73. The molecule has 0 bridgehead atoms. The van der Waals surface area contributed by atoms with E-state index in [1.165, 1.54) is 11.1 Å². The first-order valence-corrected chi connectivity index (χ1v) is 8.27. The third-order valence-electron chi connectivity index (χ3n) is 3.95. The molecule has 2 N–H and O–H groups in total. The Morgan fingerprint density at radius 1 is 1.00 bits per heavy atom. The summed E-state index contributed by atoms with van der Waals surface area (Å²) in [4.78, 5) is 12.2. The normalized spacial score (nSPS) is 12.2. The molecule has 3 heteroatoms. The fourth-order valence-electron chi connectivity index (χ4n) is 2.63. The molecule has 122 valence electrons. The molecule has 0 saturated carbocycles. The Labute approximate surface area is 139 Å². The molecule has 1 atom stereocenters. The number of anilines is 1. The molecule has 0 aliphatic heterocycles. The van der Waals surface area contributed by atoms with E-state index in [9.17, 15) is 4.79 Å². The lowest BCUT2D eigenvalue weighted by Gasteiger charge is -2.22. The second kappa shape index (κ2) is 8.49. The van der Waals surface area contributed by atoms with E-state index < -0.39 is 0 Å². The minimum atomic E-state index is -0.0178. The van der Waals surface area contributed by atoms with Gasteiger partial charge in [0.15, 0.2) is 0 Å². The maximum absolute atomic E-state index is 12.2. The number of hydrogen-bond donors (Lipinski definition) is 2. The van der Waals surface area contributed by atoms with Gasteiger partial charge < -0.3 is 10.6 Å². The van der Waals surface area contributed by atoms with Crippen molar-refractivity contribution in [3.63, 3.8) is 0 Å². The highest BCUT2D eigenvalue weighted by Crippen LogP contribution is 2.21. The Kier molecular flexibility index (Phi) is 6.36. The van der Waals surface area contributed by atoms with Crippen LogP contribution in [0.15, 0.2) is 54.6 Å². The third kappa shape index (κ3) is 5.22. The van der Waals surface area contributed by atoms with Crippen molar-refractivity contribution in [2.24, 2.45) is 5.92 Å². The zero-order chi connectivity index (χ0) is 16.7. The van der Waals surface area contributed by atoms with E-state index in [-0.39, 0.29) is 11.9 Å². The molecule has 0 saturated heterocycles. The summed E-state index contributed by atoms with van der Waals surface area (Å²) in [5.41, 5.74) is 3.32. The predicted octanol–water partition coefficient (Wildman–Crippen LogP) is 4.17. The second-order valence-electron chi connectivity index (χ2n) is 6.11. The van der Waals surface area contributed by atoms with Gasteiger partial charge in [0.1, 0.15) is 0 Å². The molecule has 2 aromatic rings. The number of nitrogens with one attached hydrogen (secondary N) is 2. The van der Waals surface area contributed by atoms with Crippen LogP contribution in [0.25, 0.3) is 0 Å². The van der Waals surface area contributed by atoms with Crippen LogP contribution >= 0.6 is 0 Å². The fourth-order valence-corrected chi connectivity index (χ4v) is 2.63. The SMILES string of the molecule is CCc1ccc(NC(=O)CN[C@H](c2ccccc2)C(C)C)cc1. The summed E-state index contributed by atoms with van der Waals surface area (Å²) in [5.74, 6) is 0.393. The summed E-state index contributed by atoms with van der Waals surface area (Å²) in [6, 6.07) is 18.4. The molecule has 1 amide bonds. The van der Waals surface area contributed by atoms with Crippen molar-refractivity contribution in [3.05, 3.63) is 65.7 Å². The first-order valence-electron chi connectivity index (χ1n) is 8.27. The monoisotopic (exact) mass is 310 g/mol. The predicted molar refractivity (Wildman–Crippen MR) is 96.5 cm³/mol. The first-order chi connectivity index (χ1) is 11.1. The van der Waals surface area contributed by atoms with Crippen LogP contribution in [0.5, 0.6) is 0 Å². The summed E-state index contributed by atoms with van der Waals surface area (Å²) in [6.07, 6.45) is 1.00. The van der Waals surface area contributed by atoms with Crippen molar-refractivity contribution in [1.29, 1.82) is 0 Å². The number of carbonyl (C=O) groups excluding carboxylic acids is 1. The van der Waals surface area contributed by atoms with Gasteiger partial charge in [-0.2, -0.15) is 0 Å². The van der Waals surface area contributed by atoms with Crippen LogP contribution in [-0.2, 0) is 11.2 Å². The van der Waals surface area contributed by atoms with Crippen molar-refractivity contribution in [1.82, 2.24) is 5.32 Å². The zero-order valence-electron chi connectivity index (χ0n) is 14.2. The van der Waals surface area contributed by atoms with Gasteiger partial charge in [-0.15, -0.1) is 0 Å². The van der Waals surface area contributed by atoms with Gasteiger partial charge in [-0.1, -0.05) is 63.2 Å². The maximum Gasteiger partial charge on any atom is 0.238 e. The van der Waals surface area contributed by atoms with Crippen LogP contribution in [0.3, 0.4) is 0 Å². The molecule has 0 fully saturated rings. The van der Waals surface area contributed by atoms with Crippen molar-refractivity contribution >= 4 is 11.6 Å². The second-order valence-corrected chi connectivity index (χ2v) is 6.11. The summed E-state index contributed by atoms with van der Waals surface area (Å²) in [7, 11) is 0. The maximum atomic E-state index is 12.2. The number of aryl methyl sites for hydroxylation is 1. The lowest BCUT2D eigenvalue weighted by Crippen LogP contribution is -2.33.